The lowest BCUT2D eigenvalue weighted by Crippen LogP contribution is -2.46. The van der Waals surface area contributed by atoms with Gasteiger partial charge in [-0.15, -0.1) is 0 Å². The molecule has 1 fully saturated rings. The van der Waals surface area contributed by atoms with Gasteiger partial charge in [-0.1, -0.05) is 12.1 Å². The van der Waals surface area contributed by atoms with Gasteiger partial charge in [0.15, 0.2) is 11.6 Å². The number of piperidine rings is 1. The number of nitrogens with zero attached hydrogens (tertiary/aromatic N) is 3. The maximum atomic E-state index is 13.6. The van der Waals surface area contributed by atoms with Crippen LogP contribution in [0.25, 0.3) is 0 Å². The molecular formula is C19H25FN4O2. The van der Waals surface area contributed by atoms with Gasteiger partial charge in [-0.05, 0) is 30.5 Å². The van der Waals surface area contributed by atoms with E-state index < -0.39 is 0 Å². The summed E-state index contributed by atoms with van der Waals surface area (Å²) in [5.41, 5.74) is 1.17. The Hall–Kier alpha value is -2.57. The Morgan fingerprint density at radius 1 is 1.35 bits per heavy atom. The second-order valence-corrected chi connectivity index (χ2v) is 6.59. The molecule has 0 bridgehead atoms. The SMILES string of the molecule is Cn1cc(CCCNC(=O)N2CCC(Oc3ccccc3F)CC2)cn1. The highest BCUT2D eigenvalue weighted by Crippen LogP contribution is 2.21. The Bertz CT molecular complexity index is 726. The van der Waals surface area contributed by atoms with Crippen LogP contribution in [0.15, 0.2) is 36.7 Å². The summed E-state index contributed by atoms with van der Waals surface area (Å²) in [6.07, 6.45) is 6.97. The molecule has 2 aromatic rings. The summed E-state index contributed by atoms with van der Waals surface area (Å²) >= 11 is 0. The summed E-state index contributed by atoms with van der Waals surface area (Å²) in [6, 6.07) is 6.39. The van der Waals surface area contributed by atoms with Gasteiger partial charge in [-0.3, -0.25) is 4.68 Å². The third-order valence-electron chi connectivity index (χ3n) is 4.54. The second-order valence-electron chi connectivity index (χ2n) is 6.59. The van der Waals surface area contributed by atoms with Gasteiger partial charge in [0.2, 0.25) is 0 Å². The van der Waals surface area contributed by atoms with Crippen LogP contribution in [0.3, 0.4) is 0 Å². The number of para-hydroxylation sites is 1. The number of benzene rings is 1. The summed E-state index contributed by atoms with van der Waals surface area (Å²) in [7, 11) is 1.89. The van der Waals surface area contributed by atoms with Crippen LogP contribution in [0.1, 0.15) is 24.8 Å². The van der Waals surface area contributed by atoms with Crippen molar-refractivity contribution in [3.63, 3.8) is 0 Å². The zero-order valence-electron chi connectivity index (χ0n) is 15.0. The molecule has 1 aromatic heterocycles. The van der Waals surface area contributed by atoms with Gasteiger partial charge in [0.05, 0.1) is 6.20 Å². The number of nitrogens with one attached hydrogen (secondary N) is 1. The Kier molecular flexibility index (Phi) is 6.09. The van der Waals surface area contributed by atoms with E-state index in [1.807, 2.05) is 19.4 Å². The van der Waals surface area contributed by atoms with E-state index in [4.69, 9.17) is 4.74 Å². The minimum Gasteiger partial charge on any atom is -0.487 e. The minimum absolute atomic E-state index is 0.0412. The number of halogens is 1. The summed E-state index contributed by atoms with van der Waals surface area (Å²) in [4.78, 5) is 14.0. The number of aryl methyl sites for hydroxylation is 2. The van der Waals surface area contributed by atoms with E-state index in [0.29, 0.717) is 32.5 Å². The van der Waals surface area contributed by atoms with Crippen molar-refractivity contribution in [1.82, 2.24) is 20.0 Å². The van der Waals surface area contributed by atoms with Crippen molar-refractivity contribution in [3.05, 3.63) is 48.0 Å². The lowest BCUT2D eigenvalue weighted by molar-refractivity contribution is 0.107. The molecule has 0 spiro atoms. The van der Waals surface area contributed by atoms with E-state index >= 15 is 0 Å². The molecule has 1 saturated heterocycles. The highest BCUT2D eigenvalue weighted by molar-refractivity contribution is 5.74. The molecule has 0 saturated carbocycles. The smallest absolute Gasteiger partial charge is 0.317 e. The van der Waals surface area contributed by atoms with E-state index in [1.54, 1.807) is 27.8 Å². The summed E-state index contributed by atoms with van der Waals surface area (Å²) in [5.74, 6) is -0.0629. The Balaban J connectivity index is 1.35. The van der Waals surface area contributed by atoms with Crippen LogP contribution in [-0.2, 0) is 13.5 Å². The minimum atomic E-state index is -0.346. The van der Waals surface area contributed by atoms with Gasteiger partial charge in [0.25, 0.3) is 0 Å². The summed E-state index contributed by atoms with van der Waals surface area (Å²) in [6.45, 7) is 1.88. The maximum Gasteiger partial charge on any atom is 0.317 e. The number of ether oxygens (including phenoxy) is 1. The van der Waals surface area contributed by atoms with Gasteiger partial charge >= 0.3 is 6.03 Å². The van der Waals surface area contributed by atoms with Gasteiger partial charge in [0, 0.05) is 45.7 Å². The van der Waals surface area contributed by atoms with Crippen LogP contribution in [0.2, 0.25) is 0 Å². The zero-order valence-corrected chi connectivity index (χ0v) is 15.0. The van der Waals surface area contributed by atoms with Crippen LogP contribution >= 0.6 is 0 Å². The molecule has 1 N–H and O–H groups in total. The van der Waals surface area contributed by atoms with Gasteiger partial charge in [-0.2, -0.15) is 5.10 Å². The van der Waals surface area contributed by atoms with E-state index in [9.17, 15) is 9.18 Å². The van der Waals surface area contributed by atoms with Crippen LogP contribution in [0, 0.1) is 5.82 Å². The fourth-order valence-electron chi connectivity index (χ4n) is 3.10. The van der Waals surface area contributed by atoms with Crippen molar-refractivity contribution in [2.45, 2.75) is 31.8 Å². The first-order chi connectivity index (χ1) is 12.6. The molecule has 0 aliphatic carbocycles. The second kappa shape index (κ2) is 8.69. The Labute approximate surface area is 152 Å². The number of aromatic nitrogens is 2. The zero-order chi connectivity index (χ0) is 18.4. The Morgan fingerprint density at radius 2 is 2.12 bits per heavy atom. The molecule has 3 rings (SSSR count). The largest absolute Gasteiger partial charge is 0.487 e. The number of likely N-dealkylation sites (tertiary alicyclic amines) is 1. The fraction of sp³-hybridized carbons (Fsp3) is 0.474. The first-order valence-electron chi connectivity index (χ1n) is 9.03. The predicted octanol–water partition coefficient (Wildman–Crippen LogP) is 2.74. The van der Waals surface area contributed by atoms with Crippen LogP contribution < -0.4 is 10.1 Å². The predicted molar refractivity (Wildman–Crippen MR) is 96.6 cm³/mol. The van der Waals surface area contributed by atoms with Crippen molar-refractivity contribution in [3.8, 4) is 5.75 Å². The number of hydrogen-bond acceptors (Lipinski definition) is 3. The van der Waals surface area contributed by atoms with Crippen molar-refractivity contribution in [1.29, 1.82) is 0 Å². The molecule has 0 unspecified atom stereocenters. The van der Waals surface area contributed by atoms with Crippen LogP contribution in [0.5, 0.6) is 5.75 Å². The number of hydrogen-bond donors (Lipinski definition) is 1. The molecule has 7 heteroatoms. The quantitative estimate of drug-likeness (QED) is 0.806. The number of carbonyl (C=O) groups is 1. The van der Waals surface area contributed by atoms with Crippen LogP contribution in [-0.4, -0.2) is 46.4 Å². The topological polar surface area (TPSA) is 59.4 Å². The average molecular weight is 360 g/mol. The van der Waals surface area contributed by atoms with Gasteiger partial charge in [0.1, 0.15) is 6.10 Å². The van der Waals surface area contributed by atoms with Crippen molar-refractivity contribution < 1.29 is 13.9 Å². The van der Waals surface area contributed by atoms with Crippen molar-refractivity contribution >= 4 is 6.03 Å². The summed E-state index contributed by atoms with van der Waals surface area (Å²) in [5, 5.41) is 7.09. The molecule has 0 atom stereocenters. The molecule has 2 heterocycles. The highest BCUT2D eigenvalue weighted by atomic mass is 19.1. The first kappa shape index (κ1) is 18.2. The third-order valence-corrected chi connectivity index (χ3v) is 4.54. The van der Waals surface area contributed by atoms with E-state index in [0.717, 1.165) is 12.8 Å². The molecule has 6 nitrogen and oxygen atoms in total. The molecule has 140 valence electrons. The van der Waals surface area contributed by atoms with Crippen LogP contribution in [0.4, 0.5) is 9.18 Å². The molecule has 26 heavy (non-hydrogen) atoms. The number of rotatable bonds is 6. The monoisotopic (exact) mass is 360 g/mol. The number of carbonyl (C=O) groups excluding carboxylic acids is 1. The standard InChI is InChI=1S/C19H25FN4O2/c1-23-14-15(13-22-23)5-4-10-21-19(25)24-11-8-16(9-12-24)26-18-7-3-2-6-17(18)20/h2-3,6-7,13-14,16H,4-5,8-12H2,1H3,(H,21,25). The molecule has 1 aliphatic heterocycles. The lowest BCUT2D eigenvalue weighted by atomic mass is 10.1. The maximum absolute atomic E-state index is 13.6. The average Bonchev–Trinajstić information content (AvgIpc) is 3.06. The first-order valence-corrected chi connectivity index (χ1v) is 9.03. The van der Waals surface area contributed by atoms with Gasteiger partial charge in [-0.25, -0.2) is 9.18 Å². The van der Waals surface area contributed by atoms with E-state index in [-0.39, 0.29) is 23.7 Å². The molecular weight excluding hydrogens is 335 g/mol. The van der Waals surface area contributed by atoms with Gasteiger partial charge < -0.3 is 15.0 Å². The lowest BCUT2D eigenvalue weighted by Gasteiger charge is -2.32. The molecule has 1 aromatic carbocycles. The molecule has 1 aliphatic rings. The number of amides is 2. The molecule has 2 amide bonds. The van der Waals surface area contributed by atoms with Crippen molar-refractivity contribution in [2.75, 3.05) is 19.6 Å². The van der Waals surface area contributed by atoms with Crippen molar-refractivity contribution in [2.24, 2.45) is 7.05 Å². The van der Waals surface area contributed by atoms with E-state index in [2.05, 4.69) is 10.4 Å². The normalized spacial score (nSPS) is 15.1. The Morgan fingerprint density at radius 3 is 2.81 bits per heavy atom. The van der Waals surface area contributed by atoms with E-state index in [1.165, 1.54) is 11.6 Å². The molecule has 0 radical (unpaired) electrons. The fourth-order valence-corrected chi connectivity index (χ4v) is 3.10. The highest BCUT2D eigenvalue weighted by Gasteiger charge is 2.24. The third kappa shape index (κ3) is 4.97. The summed E-state index contributed by atoms with van der Waals surface area (Å²) < 4.78 is 21.1. The number of urea groups is 1.